The zero-order chi connectivity index (χ0) is 16.4. The van der Waals surface area contributed by atoms with Crippen molar-refractivity contribution >= 4 is 54.2 Å². The predicted octanol–water partition coefficient (Wildman–Crippen LogP) is 2.17. The fourth-order valence-corrected chi connectivity index (χ4v) is 3.14. The summed E-state index contributed by atoms with van der Waals surface area (Å²) in [4.78, 5) is 8.81. The largest absolute Gasteiger partial charge is 0.441 e. The molecule has 2 aromatic heterocycles. The zero-order valence-corrected chi connectivity index (χ0v) is 17.6. The number of para-hydroxylation sites is 2. The van der Waals surface area contributed by atoms with E-state index in [1.807, 2.05) is 18.2 Å². The van der Waals surface area contributed by atoms with Crippen LogP contribution in [-0.2, 0) is 13.2 Å². The topological polar surface area (TPSA) is 120 Å². The van der Waals surface area contributed by atoms with Crippen molar-refractivity contribution in [3.63, 3.8) is 0 Å². The minimum atomic E-state index is -0.190. The Balaban J connectivity index is 0.00000182. The third-order valence-electron chi connectivity index (χ3n) is 4.38. The summed E-state index contributed by atoms with van der Waals surface area (Å²) in [6.07, 6.45) is 3.83. The maximum atomic E-state index is 9.13. The van der Waals surface area contributed by atoms with Gasteiger partial charge in [0.25, 0.3) is 0 Å². The molecule has 1 aromatic carbocycles. The summed E-state index contributed by atoms with van der Waals surface area (Å²) >= 11 is 0. The molecule has 0 atom stereocenters. The van der Waals surface area contributed by atoms with Gasteiger partial charge in [-0.05, 0) is 38.1 Å². The first-order valence-electron chi connectivity index (χ1n) is 8.30. The Kier molecular flexibility index (Phi) is 11.4. The highest BCUT2D eigenvalue weighted by Gasteiger charge is 2.18. The number of aromatic nitrogens is 3. The molecule has 1 saturated heterocycles. The number of halogens is 3. The number of oxazole rings is 1. The van der Waals surface area contributed by atoms with Crippen LogP contribution in [0.4, 0.5) is 5.95 Å². The molecular weight excluding hydrogens is 429 g/mol. The Bertz CT molecular complexity index is 836. The van der Waals surface area contributed by atoms with Gasteiger partial charge in [0.15, 0.2) is 0 Å². The molecule has 1 aliphatic rings. The van der Waals surface area contributed by atoms with Crippen LogP contribution in [0.2, 0.25) is 0 Å². The minimum Gasteiger partial charge on any atom is -0.441 e. The van der Waals surface area contributed by atoms with Gasteiger partial charge in [0.05, 0.1) is 23.8 Å². The molecule has 0 amide bonds. The smallest absolute Gasteiger partial charge is 0.220 e. The third kappa shape index (κ3) is 5.73. The summed E-state index contributed by atoms with van der Waals surface area (Å²) < 4.78 is 7.66. The zero-order valence-electron chi connectivity index (χ0n) is 15.1. The first kappa shape index (κ1) is 26.4. The third-order valence-corrected chi connectivity index (χ3v) is 4.38. The van der Waals surface area contributed by atoms with Gasteiger partial charge in [-0.25, -0.2) is 9.97 Å². The molecule has 11 heteroatoms. The van der Waals surface area contributed by atoms with Crippen molar-refractivity contribution in [3.8, 4) is 0 Å². The van der Waals surface area contributed by atoms with E-state index in [1.165, 1.54) is 0 Å². The van der Waals surface area contributed by atoms with E-state index >= 15 is 0 Å². The van der Waals surface area contributed by atoms with Crippen molar-refractivity contribution in [2.24, 2.45) is 0 Å². The van der Waals surface area contributed by atoms with Crippen molar-refractivity contribution in [1.82, 2.24) is 19.9 Å². The molecule has 3 aromatic rings. The quantitative estimate of drug-likeness (QED) is 0.543. The number of hydrogen-bond acceptors (Lipinski definition) is 6. The lowest BCUT2D eigenvalue weighted by atomic mass is 10.1. The monoisotopic (exact) mass is 453 g/mol. The lowest BCUT2D eigenvalue weighted by molar-refractivity contribution is 0.236. The molecule has 1 fully saturated rings. The SMILES string of the molecule is Cl.Cl.Cl.O.OCc1ncc(Cn2c(NC3CCNCC3)nc3ccccc32)o1. The van der Waals surface area contributed by atoms with Gasteiger partial charge < -0.3 is 30.2 Å². The number of aliphatic hydroxyl groups is 1. The van der Waals surface area contributed by atoms with Crippen LogP contribution < -0.4 is 10.6 Å². The highest BCUT2D eigenvalue weighted by Crippen LogP contribution is 2.23. The van der Waals surface area contributed by atoms with E-state index in [2.05, 4.69) is 26.3 Å². The maximum absolute atomic E-state index is 9.13. The summed E-state index contributed by atoms with van der Waals surface area (Å²) in [6, 6.07) is 8.49. The Labute approximate surface area is 181 Å². The van der Waals surface area contributed by atoms with Gasteiger partial charge in [-0.15, -0.1) is 37.2 Å². The summed E-state index contributed by atoms with van der Waals surface area (Å²) in [5, 5.41) is 16.1. The maximum Gasteiger partial charge on any atom is 0.220 e. The van der Waals surface area contributed by atoms with Gasteiger partial charge in [-0.2, -0.15) is 0 Å². The summed E-state index contributed by atoms with van der Waals surface area (Å²) in [6.45, 7) is 2.39. The Morgan fingerprint density at radius 2 is 1.89 bits per heavy atom. The number of fused-ring (bicyclic) bond motifs is 1. The molecule has 0 aliphatic carbocycles. The Morgan fingerprint density at radius 1 is 1.18 bits per heavy atom. The predicted molar refractivity (Wildman–Crippen MR) is 116 cm³/mol. The fraction of sp³-hybridized carbons (Fsp3) is 0.412. The molecule has 28 heavy (non-hydrogen) atoms. The van der Waals surface area contributed by atoms with E-state index in [9.17, 15) is 0 Å². The normalized spacial score (nSPS) is 13.6. The second kappa shape index (κ2) is 12.1. The number of nitrogens with one attached hydrogen (secondary N) is 2. The number of imidazole rings is 1. The first-order valence-corrected chi connectivity index (χ1v) is 8.30. The van der Waals surface area contributed by atoms with Crippen LogP contribution in [0.25, 0.3) is 11.0 Å². The average Bonchev–Trinajstić information content (AvgIpc) is 3.21. The molecular formula is C17H26Cl3N5O3. The lowest BCUT2D eigenvalue weighted by Gasteiger charge is -2.24. The van der Waals surface area contributed by atoms with E-state index in [0.717, 1.165) is 42.9 Å². The Morgan fingerprint density at radius 3 is 2.57 bits per heavy atom. The van der Waals surface area contributed by atoms with Crippen molar-refractivity contribution < 1.29 is 15.0 Å². The molecule has 8 nitrogen and oxygen atoms in total. The standard InChI is InChI=1S/C17H21N5O2.3ClH.H2O/c23-11-16-19-9-13(24-16)10-22-15-4-2-1-3-14(15)21-17(22)20-12-5-7-18-8-6-12;;;;/h1-4,9,12,18,23H,5-8,10-11H2,(H,20,21);3*1H;1H2. The number of aliphatic hydroxyl groups excluding tert-OH is 1. The van der Waals surface area contributed by atoms with Gasteiger partial charge >= 0.3 is 0 Å². The molecule has 0 bridgehead atoms. The molecule has 0 radical (unpaired) electrons. The number of anilines is 1. The molecule has 3 heterocycles. The van der Waals surface area contributed by atoms with Crippen LogP contribution >= 0.6 is 37.2 Å². The van der Waals surface area contributed by atoms with Crippen LogP contribution in [0, 0.1) is 0 Å². The van der Waals surface area contributed by atoms with Crippen LogP contribution in [0.5, 0.6) is 0 Å². The van der Waals surface area contributed by atoms with E-state index in [4.69, 9.17) is 14.5 Å². The van der Waals surface area contributed by atoms with E-state index in [-0.39, 0.29) is 49.3 Å². The number of nitrogens with zero attached hydrogens (tertiary/aromatic N) is 3. The van der Waals surface area contributed by atoms with Crippen molar-refractivity contribution in [1.29, 1.82) is 0 Å². The summed E-state index contributed by atoms with van der Waals surface area (Å²) in [5.74, 6) is 1.89. The average molecular weight is 455 g/mol. The Hall–Kier alpha value is -1.55. The van der Waals surface area contributed by atoms with Crippen molar-refractivity contribution in [2.75, 3.05) is 18.4 Å². The van der Waals surface area contributed by atoms with E-state index in [1.54, 1.807) is 6.20 Å². The number of benzene rings is 1. The summed E-state index contributed by atoms with van der Waals surface area (Å²) in [5.41, 5.74) is 2.01. The number of hydrogen-bond donors (Lipinski definition) is 3. The van der Waals surface area contributed by atoms with Crippen LogP contribution in [0.1, 0.15) is 24.5 Å². The van der Waals surface area contributed by atoms with Gasteiger partial charge in [-0.1, -0.05) is 12.1 Å². The highest BCUT2D eigenvalue weighted by molar-refractivity contribution is 5.86. The van der Waals surface area contributed by atoms with Gasteiger partial charge in [0, 0.05) is 6.04 Å². The van der Waals surface area contributed by atoms with Gasteiger partial charge in [0.2, 0.25) is 11.8 Å². The van der Waals surface area contributed by atoms with Crippen LogP contribution in [0.3, 0.4) is 0 Å². The van der Waals surface area contributed by atoms with Crippen LogP contribution in [-0.4, -0.2) is 44.2 Å². The number of rotatable bonds is 5. The second-order valence-electron chi connectivity index (χ2n) is 6.06. The fourth-order valence-electron chi connectivity index (χ4n) is 3.14. The summed E-state index contributed by atoms with van der Waals surface area (Å²) in [7, 11) is 0. The van der Waals surface area contributed by atoms with Gasteiger partial charge in [0.1, 0.15) is 12.4 Å². The molecule has 1 aliphatic heterocycles. The molecule has 158 valence electrons. The van der Waals surface area contributed by atoms with Crippen molar-refractivity contribution in [2.45, 2.75) is 32.0 Å². The first-order chi connectivity index (χ1) is 11.8. The second-order valence-corrected chi connectivity index (χ2v) is 6.06. The number of piperidine rings is 1. The molecule has 5 N–H and O–H groups in total. The van der Waals surface area contributed by atoms with Gasteiger partial charge in [-0.3, -0.25) is 0 Å². The van der Waals surface area contributed by atoms with E-state index in [0.29, 0.717) is 24.2 Å². The highest BCUT2D eigenvalue weighted by atomic mass is 35.5. The molecule has 0 saturated carbocycles. The van der Waals surface area contributed by atoms with Crippen LogP contribution in [0.15, 0.2) is 34.9 Å². The minimum absolute atomic E-state index is 0. The molecule has 0 spiro atoms. The molecule has 4 rings (SSSR count). The van der Waals surface area contributed by atoms with Crippen molar-refractivity contribution in [3.05, 3.63) is 42.1 Å². The van der Waals surface area contributed by atoms with E-state index < -0.39 is 0 Å². The molecule has 0 unspecified atom stereocenters. The lowest BCUT2D eigenvalue weighted by Crippen LogP contribution is -2.36.